The van der Waals surface area contributed by atoms with Gasteiger partial charge in [-0.15, -0.1) is 0 Å². The third-order valence-electron chi connectivity index (χ3n) is 5.10. The number of rotatable bonds is 11. The Morgan fingerprint density at radius 3 is 2.22 bits per heavy atom. The molecule has 5 nitrogen and oxygen atoms in total. The molecule has 0 spiro atoms. The van der Waals surface area contributed by atoms with E-state index in [9.17, 15) is 9.59 Å². The summed E-state index contributed by atoms with van der Waals surface area (Å²) in [5.41, 5.74) is 1.98. The monoisotopic (exact) mass is 478 g/mol. The van der Waals surface area contributed by atoms with Gasteiger partial charge in [0.25, 0.3) is 5.91 Å². The molecule has 0 heterocycles. The highest BCUT2D eigenvalue weighted by molar-refractivity contribution is 6.42. The van der Waals surface area contributed by atoms with Crippen molar-refractivity contribution in [2.45, 2.75) is 53.1 Å². The summed E-state index contributed by atoms with van der Waals surface area (Å²) in [5, 5.41) is 3.78. The van der Waals surface area contributed by atoms with Crippen LogP contribution in [0.3, 0.4) is 0 Å². The number of carbonyl (C=O) groups excluding carboxylic acids is 2. The number of hydrogen-bond acceptors (Lipinski definition) is 3. The molecular weight excluding hydrogens is 447 g/mol. The van der Waals surface area contributed by atoms with Crippen LogP contribution in [0.4, 0.5) is 0 Å². The first kappa shape index (κ1) is 26.0. The summed E-state index contributed by atoms with van der Waals surface area (Å²) in [6.07, 6.45) is 1.41. The lowest BCUT2D eigenvalue weighted by atomic mass is 10.1. The van der Waals surface area contributed by atoms with Crippen molar-refractivity contribution < 1.29 is 14.3 Å². The molecule has 1 unspecified atom stereocenters. The van der Waals surface area contributed by atoms with Crippen molar-refractivity contribution in [2.24, 2.45) is 5.92 Å². The number of nitrogens with one attached hydrogen (secondary N) is 1. The van der Waals surface area contributed by atoms with Gasteiger partial charge in [-0.1, -0.05) is 69.1 Å². The Balaban J connectivity index is 2.20. The fourth-order valence-corrected chi connectivity index (χ4v) is 3.55. The van der Waals surface area contributed by atoms with Gasteiger partial charge in [-0.3, -0.25) is 9.59 Å². The zero-order valence-electron chi connectivity index (χ0n) is 19.2. The molecule has 2 aromatic rings. The van der Waals surface area contributed by atoms with E-state index in [1.165, 1.54) is 5.56 Å². The highest BCUT2D eigenvalue weighted by Gasteiger charge is 2.29. The molecule has 174 valence electrons. The van der Waals surface area contributed by atoms with Crippen LogP contribution in [-0.2, 0) is 22.6 Å². The molecule has 0 saturated carbocycles. The maximum absolute atomic E-state index is 13.2. The summed E-state index contributed by atoms with van der Waals surface area (Å²) in [6, 6.07) is 12.2. The predicted octanol–water partition coefficient (Wildman–Crippen LogP) is 5.51. The fourth-order valence-electron chi connectivity index (χ4n) is 3.23. The number of benzene rings is 2. The van der Waals surface area contributed by atoms with E-state index < -0.39 is 6.04 Å². The molecule has 0 fully saturated rings. The second kappa shape index (κ2) is 12.7. The molecule has 7 heteroatoms. The van der Waals surface area contributed by atoms with E-state index in [1.807, 2.05) is 45.0 Å². The average molecular weight is 479 g/mol. The molecule has 0 bridgehead atoms. The van der Waals surface area contributed by atoms with Crippen LogP contribution >= 0.6 is 23.2 Å². The summed E-state index contributed by atoms with van der Waals surface area (Å²) in [6.45, 7) is 8.62. The van der Waals surface area contributed by atoms with Crippen molar-refractivity contribution in [1.82, 2.24) is 10.2 Å². The molecule has 0 aliphatic rings. The number of ether oxygens (including phenoxy) is 1. The van der Waals surface area contributed by atoms with Crippen LogP contribution in [0.2, 0.25) is 10.0 Å². The lowest BCUT2D eigenvalue weighted by Crippen LogP contribution is -2.50. The SMILES string of the molecule is CCc1ccc(OCC(=O)N(Cc2ccc(Cl)c(Cl)c2)C(CC)C(=O)NCC(C)C)cc1. The van der Waals surface area contributed by atoms with Crippen molar-refractivity contribution in [3.63, 3.8) is 0 Å². The Morgan fingerprint density at radius 1 is 1.00 bits per heavy atom. The number of amides is 2. The molecule has 0 saturated heterocycles. The summed E-state index contributed by atoms with van der Waals surface area (Å²) in [7, 11) is 0. The van der Waals surface area contributed by atoms with E-state index in [4.69, 9.17) is 27.9 Å². The maximum atomic E-state index is 13.2. The molecule has 0 aliphatic carbocycles. The lowest BCUT2D eigenvalue weighted by molar-refractivity contribution is -0.143. The Bertz CT molecular complexity index is 901. The van der Waals surface area contributed by atoms with E-state index in [0.29, 0.717) is 34.7 Å². The first-order chi connectivity index (χ1) is 15.2. The quantitative estimate of drug-likeness (QED) is 0.462. The second-order valence-corrected chi connectivity index (χ2v) is 8.93. The maximum Gasteiger partial charge on any atom is 0.261 e. The summed E-state index contributed by atoms with van der Waals surface area (Å²) in [4.78, 5) is 27.6. The highest BCUT2D eigenvalue weighted by Crippen LogP contribution is 2.24. The standard InChI is InChI=1S/C25H32Cl2N2O3/c1-5-18-7-10-20(11-8-18)32-16-24(30)29(15-19-9-12-21(26)22(27)13-19)23(6-2)25(31)28-14-17(3)4/h7-13,17,23H,5-6,14-16H2,1-4H3,(H,28,31). The minimum atomic E-state index is -0.623. The van der Waals surface area contributed by atoms with Crippen molar-refractivity contribution in [3.8, 4) is 5.75 Å². The number of aryl methyl sites for hydroxylation is 1. The largest absolute Gasteiger partial charge is 0.484 e. The smallest absolute Gasteiger partial charge is 0.261 e. The molecular formula is C25H32Cl2N2O3. The van der Waals surface area contributed by atoms with Crippen molar-refractivity contribution >= 4 is 35.0 Å². The van der Waals surface area contributed by atoms with E-state index in [-0.39, 0.29) is 25.0 Å². The third kappa shape index (κ3) is 7.72. The number of halogens is 2. The van der Waals surface area contributed by atoms with Gasteiger partial charge in [0.2, 0.25) is 5.91 Å². The molecule has 2 rings (SSSR count). The number of carbonyl (C=O) groups is 2. The summed E-state index contributed by atoms with van der Waals surface area (Å²) >= 11 is 12.2. The molecule has 32 heavy (non-hydrogen) atoms. The molecule has 2 amide bonds. The summed E-state index contributed by atoms with van der Waals surface area (Å²) in [5.74, 6) is 0.469. The Labute approximate surface area is 201 Å². The van der Waals surface area contributed by atoms with Crippen LogP contribution in [0.15, 0.2) is 42.5 Å². The minimum Gasteiger partial charge on any atom is -0.484 e. The number of nitrogens with zero attached hydrogens (tertiary/aromatic N) is 1. The van der Waals surface area contributed by atoms with Gasteiger partial charge < -0.3 is 15.0 Å². The van der Waals surface area contributed by atoms with Gasteiger partial charge in [0.15, 0.2) is 6.61 Å². The van der Waals surface area contributed by atoms with Crippen LogP contribution in [0.1, 0.15) is 45.2 Å². The normalized spacial score (nSPS) is 11.8. The first-order valence-corrected chi connectivity index (χ1v) is 11.7. The second-order valence-electron chi connectivity index (χ2n) is 8.12. The predicted molar refractivity (Wildman–Crippen MR) is 130 cm³/mol. The van der Waals surface area contributed by atoms with Crippen molar-refractivity contribution in [1.29, 1.82) is 0 Å². The van der Waals surface area contributed by atoms with Gasteiger partial charge in [0, 0.05) is 13.1 Å². The molecule has 1 atom stereocenters. The average Bonchev–Trinajstić information content (AvgIpc) is 2.78. The number of hydrogen-bond donors (Lipinski definition) is 1. The third-order valence-corrected chi connectivity index (χ3v) is 5.84. The van der Waals surface area contributed by atoms with Crippen LogP contribution < -0.4 is 10.1 Å². The molecule has 2 aromatic carbocycles. The fraction of sp³-hybridized carbons (Fsp3) is 0.440. The lowest BCUT2D eigenvalue weighted by Gasteiger charge is -2.31. The van der Waals surface area contributed by atoms with Gasteiger partial charge in [-0.05, 0) is 54.2 Å². The Hall–Kier alpha value is -2.24. The van der Waals surface area contributed by atoms with Gasteiger partial charge in [-0.25, -0.2) is 0 Å². The van der Waals surface area contributed by atoms with Crippen LogP contribution in [0.5, 0.6) is 5.75 Å². The van der Waals surface area contributed by atoms with Crippen molar-refractivity contribution in [2.75, 3.05) is 13.2 Å². The van der Waals surface area contributed by atoms with Gasteiger partial charge in [0.1, 0.15) is 11.8 Å². The molecule has 0 aliphatic heterocycles. The van der Waals surface area contributed by atoms with E-state index in [1.54, 1.807) is 23.1 Å². The molecule has 0 radical (unpaired) electrons. The van der Waals surface area contributed by atoms with E-state index >= 15 is 0 Å². The van der Waals surface area contributed by atoms with Crippen molar-refractivity contribution in [3.05, 3.63) is 63.6 Å². The molecule has 1 N–H and O–H groups in total. The van der Waals surface area contributed by atoms with Gasteiger partial charge >= 0.3 is 0 Å². The first-order valence-electron chi connectivity index (χ1n) is 11.0. The van der Waals surface area contributed by atoms with Gasteiger partial charge in [0.05, 0.1) is 10.0 Å². The minimum absolute atomic E-state index is 0.166. The molecule has 0 aromatic heterocycles. The Morgan fingerprint density at radius 2 is 1.66 bits per heavy atom. The summed E-state index contributed by atoms with van der Waals surface area (Å²) < 4.78 is 5.73. The zero-order valence-corrected chi connectivity index (χ0v) is 20.7. The van der Waals surface area contributed by atoms with Crippen LogP contribution in [0.25, 0.3) is 0 Å². The van der Waals surface area contributed by atoms with Crippen LogP contribution in [0, 0.1) is 5.92 Å². The van der Waals surface area contributed by atoms with E-state index in [2.05, 4.69) is 12.2 Å². The topological polar surface area (TPSA) is 58.6 Å². The highest BCUT2D eigenvalue weighted by atomic mass is 35.5. The Kier molecular flexibility index (Phi) is 10.3. The zero-order chi connectivity index (χ0) is 23.7. The van der Waals surface area contributed by atoms with Gasteiger partial charge in [-0.2, -0.15) is 0 Å². The van der Waals surface area contributed by atoms with Crippen LogP contribution in [-0.4, -0.2) is 35.9 Å². The van der Waals surface area contributed by atoms with E-state index in [0.717, 1.165) is 12.0 Å².